The Kier molecular flexibility index (Phi) is 4.55. The van der Waals surface area contributed by atoms with Gasteiger partial charge in [-0.15, -0.1) is 0 Å². The van der Waals surface area contributed by atoms with Crippen molar-refractivity contribution in [2.75, 3.05) is 11.6 Å². The molecule has 3 aromatic rings. The van der Waals surface area contributed by atoms with Crippen LogP contribution in [0.1, 0.15) is 35.3 Å². The first kappa shape index (κ1) is 19.7. The van der Waals surface area contributed by atoms with Crippen LogP contribution >= 0.6 is 11.6 Å². The minimum Gasteiger partial charge on any atom is -0.492 e. The van der Waals surface area contributed by atoms with Gasteiger partial charge in [0.2, 0.25) is 0 Å². The number of carbonyl (C=O) groups is 1. The second kappa shape index (κ2) is 7.17. The normalized spacial score (nSPS) is 14.1. The van der Waals surface area contributed by atoms with E-state index in [1.54, 1.807) is 4.68 Å². The number of aromatic nitrogens is 1. The third-order valence-corrected chi connectivity index (χ3v) is 6.32. The number of halogens is 1. The minimum atomic E-state index is -1.23. The Morgan fingerprint density at radius 2 is 1.90 bits per heavy atom. The predicted octanol–water partition coefficient (Wildman–Crippen LogP) is 4.33. The van der Waals surface area contributed by atoms with Crippen LogP contribution in [0.2, 0.25) is 5.02 Å². The largest absolute Gasteiger partial charge is 0.492 e. The smallest absolute Gasteiger partial charge is 0.341 e. The van der Waals surface area contributed by atoms with E-state index in [2.05, 4.69) is 5.01 Å². The zero-order valence-electron chi connectivity index (χ0n) is 17.2. The van der Waals surface area contributed by atoms with E-state index in [1.165, 1.54) is 12.3 Å². The monoisotopic (exact) mass is 436 g/mol. The Labute approximate surface area is 184 Å². The Bertz CT molecular complexity index is 1300. The summed E-state index contributed by atoms with van der Waals surface area (Å²) in [4.78, 5) is 24.2. The highest BCUT2D eigenvalue weighted by molar-refractivity contribution is 6.33. The quantitative estimate of drug-likeness (QED) is 0.661. The first-order valence-corrected chi connectivity index (χ1v) is 10.6. The molecule has 0 amide bonds. The Morgan fingerprint density at radius 1 is 1.13 bits per heavy atom. The highest BCUT2D eigenvalue weighted by atomic mass is 35.5. The summed E-state index contributed by atoms with van der Waals surface area (Å²) in [6.45, 7) is 5.27. The molecule has 0 atom stereocenters. The lowest BCUT2D eigenvalue weighted by molar-refractivity contribution is 0.0694. The standard InChI is InChI=1S/C24H21ClN2O4/c1-13(2)26-11-18-15-7-8-31-23(15)17(14-5-3-4-6-20(14)25)9-16(18)21-10-22(28)19(24(29)30)12-27(21)26/h3-6,9-10,12-13H,7-8,11H2,1-2H3,(H,29,30). The lowest BCUT2D eigenvalue weighted by Crippen LogP contribution is -2.44. The van der Waals surface area contributed by atoms with Crippen LogP contribution in [0.4, 0.5) is 0 Å². The van der Waals surface area contributed by atoms with Crippen molar-refractivity contribution in [3.8, 4) is 28.1 Å². The molecule has 0 saturated heterocycles. The van der Waals surface area contributed by atoms with Crippen LogP contribution in [0.15, 0.2) is 47.4 Å². The summed E-state index contributed by atoms with van der Waals surface area (Å²) in [5, 5.41) is 12.2. The number of carboxylic acid groups (broad SMARTS) is 1. The molecule has 0 saturated carbocycles. The van der Waals surface area contributed by atoms with Gasteiger partial charge >= 0.3 is 5.97 Å². The number of carboxylic acids is 1. The van der Waals surface area contributed by atoms with Gasteiger partial charge in [-0.2, -0.15) is 0 Å². The molecule has 158 valence electrons. The van der Waals surface area contributed by atoms with Gasteiger partial charge in [-0.05, 0) is 31.5 Å². The van der Waals surface area contributed by atoms with Crippen LogP contribution in [-0.2, 0) is 13.0 Å². The van der Waals surface area contributed by atoms with Crippen molar-refractivity contribution >= 4 is 17.6 Å². The molecular formula is C24H21ClN2O4. The van der Waals surface area contributed by atoms with Crippen LogP contribution in [-0.4, -0.2) is 28.4 Å². The average Bonchev–Trinajstić information content (AvgIpc) is 3.22. The molecule has 2 aliphatic rings. The zero-order chi connectivity index (χ0) is 21.9. The van der Waals surface area contributed by atoms with Crippen molar-refractivity contribution in [3.05, 3.63) is 74.5 Å². The first-order valence-electron chi connectivity index (χ1n) is 10.2. The van der Waals surface area contributed by atoms with Crippen molar-refractivity contribution < 1.29 is 14.6 Å². The average molecular weight is 437 g/mol. The molecule has 0 fully saturated rings. The Balaban J connectivity index is 1.83. The molecule has 5 rings (SSSR count). The number of aromatic carboxylic acids is 1. The SMILES string of the molecule is CC(C)N1Cc2c(cc(-c3ccccc3Cl)c3c2CCO3)-c2cc(=O)c(C(=O)O)cn21. The van der Waals surface area contributed by atoms with Gasteiger partial charge in [-0.1, -0.05) is 29.8 Å². The minimum absolute atomic E-state index is 0.0947. The number of benzene rings is 2. The maximum Gasteiger partial charge on any atom is 0.341 e. The fraction of sp³-hybridized carbons (Fsp3) is 0.250. The number of nitrogens with zero attached hydrogens (tertiary/aromatic N) is 2. The molecule has 7 heteroatoms. The van der Waals surface area contributed by atoms with E-state index in [4.69, 9.17) is 16.3 Å². The van der Waals surface area contributed by atoms with Crippen LogP contribution in [0, 0.1) is 0 Å². The Hall–Kier alpha value is -3.25. The summed E-state index contributed by atoms with van der Waals surface area (Å²) in [6, 6.07) is 11.1. The zero-order valence-corrected chi connectivity index (χ0v) is 17.9. The number of pyridine rings is 1. The summed E-state index contributed by atoms with van der Waals surface area (Å²) in [5.74, 6) is -0.387. The van der Waals surface area contributed by atoms with Crippen LogP contribution in [0.3, 0.4) is 0 Å². The Morgan fingerprint density at radius 3 is 2.61 bits per heavy atom. The maximum atomic E-state index is 12.6. The van der Waals surface area contributed by atoms with E-state index < -0.39 is 11.4 Å². The second-order valence-corrected chi connectivity index (χ2v) is 8.52. The summed E-state index contributed by atoms with van der Waals surface area (Å²) >= 11 is 6.51. The van der Waals surface area contributed by atoms with E-state index in [0.717, 1.165) is 40.0 Å². The van der Waals surface area contributed by atoms with Gasteiger partial charge in [0.05, 0.1) is 18.8 Å². The summed E-state index contributed by atoms with van der Waals surface area (Å²) in [7, 11) is 0. The summed E-state index contributed by atoms with van der Waals surface area (Å²) in [6.07, 6.45) is 2.21. The molecule has 1 N–H and O–H groups in total. The molecule has 0 aliphatic carbocycles. The number of hydrogen-bond donors (Lipinski definition) is 1. The lowest BCUT2D eigenvalue weighted by atomic mass is 9.89. The summed E-state index contributed by atoms with van der Waals surface area (Å²) in [5.41, 5.74) is 4.82. The van der Waals surface area contributed by atoms with E-state index in [0.29, 0.717) is 23.9 Å². The molecule has 0 bridgehead atoms. The molecule has 2 aliphatic heterocycles. The maximum absolute atomic E-state index is 12.6. The molecule has 0 radical (unpaired) electrons. The van der Waals surface area contributed by atoms with E-state index in [1.807, 2.05) is 44.2 Å². The second-order valence-electron chi connectivity index (χ2n) is 8.11. The van der Waals surface area contributed by atoms with Gasteiger partial charge in [0.15, 0.2) is 5.43 Å². The third kappa shape index (κ3) is 3.01. The highest BCUT2D eigenvalue weighted by Crippen LogP contribution is 2.46. The predicted molar refractivity (Wildman–Crippen MR) is 120 cm³/mol. The van der Waals surface area contributed by atoms with Crippen molar-refractivity contribution in [2.45, 2.75) is 32.9 Å². The molecule has 2 aromatic carbocycles. The van der Waals surface area contributed by atoms with E-state index in [9.17, 15) is 14.7 Å². The van der Waals surface area contributed by atoms with Crippen molar-refractivity contribution in [2.24, 2.45) is 0 Å². The number of hydrogen-bond acceptors (Lipinski definition) is 4. The van der Waals surface area contributed by atoms with Gasteiger partial charge in [-0.3, -0.25) is 9.47 Å². The lowest BCUT2D eigenvalue weighted by Gasteiger charge is -2.39. The van der Waals surface area contributed by atoms with E-state index >= 15 is 0 Å². The number of fused-ring (bicyclic) bond motifs is 5. The molecule has 0 unspecified atom stereocenters. The van der Waals surface area contributed by atoms with Gasteiger partial charge in [0, 0.05) is 52.0 Å². The number of ether oxygens (including phenoxy) is 1. The van der Waals surface area contributed by atoms with Crippen LogP contribution < -0.4 is 15.2 Å². The van der Waals surface area contributed by atoms with Gasteiger partial charge in [-0.25, -0.2) is 4.79 Å². The summed E-state index contributed by atoms with van der Waals surface area (Å²) < 4.78 is 7.84. The molecular weight excluding hydrogens is 416 g/mol. The molecule has 0 spiro atoms. The molecule has 1 aromatic heterocycles. The fourth-order valence-corrected chi connectivity index (χ4v) is 4.74. The van der Waals surface area contributed by atoms with Crippen molar-refractivity contribution in [3.63, 3.8) is 0 Å². The van der Waals surface area contributed by atoms with Crippen molar-refractivity contribution in [1.82, 2.24) is 4.68 Å². The van der Waals surface area contributed by atoms with Crippen molar-refractivity contribution in [1.29, 1.82) is 0 Å². The van der Waals surface area contributed by atoms with Gasteiger partial charge in [0.25, 0.3) is 0 Å². The van der Waals surface area contributed by atoms with Crippen LogP contribution in [0.5, 0.6) is 5.75 Å². The molecule has 6 nitrogen and oxygen atoms in total. The molecule has 3 heterocycles. The highest BCUT2D eigenvalue weighted by Gasteiger charge is 2.32. The van der Waals surface area contributed by atoms with Crippen LogP contribution in [0.25, 0.3) is 22.4 Å². The van der Waals surface area contributed by atoms with Gasteiger partial charge < -0.3 is 14.9 Å². The molecule has 31 heavy (non-hydrogen) atoms. The first-order chi connectivity index (χ1) is 14.9. The third-order valence-electron chi connectivity index (χ3n) is 5.99. The number of rotatable bonds is 3. The van der Waals surface area contributed by atoms with Gasteiger partial charge in [0.1, 0.15) is 11.3 Å². The van der Waals surface area contributed by atoms with E-state index in [-0.39, 0.29) is 11.6 Å². The fourth-order valence-electron chi connectivity index (χ4n) is 4.50. The topological polar surface area (TPSA) is 71.8 Å².